The second kappa shape index (κ2) is 6.32. The molecule has 1 heterocycles. The molecular formula is C14H23N3O4. The van der Waals surface area contributed by atoms with E-state index in [1.165, 1.54) is 0 Å². The molecule has 21 heavy (non-hydrogen) atoms. The standard InChI is InChI=1S/C14H23N3O4/c1-2-15-13(21)16-14(6-3-4-7-14)12(20)17-8-5-10(9-17)11(18)19/h10H,2-9H2,1H3,(H,18,19)(H2,15,16,21). The molecule has 7 heteroatoms. The minimum atomic E-state index is -0.859. The van der Waals surface area contributed by atoms with Gasteiger partial charge in [-0.3, -0.25) is 9.59 Å². The third-order valence-corrected chi connectivity index (χ3v) is 4.38. The molecule has 3 amide bonds. The summed E-state index contributed by atoms with van der Waals surface area (Å²) in [6, 6.07) is -0.332. The zero-order valence-electron chi connectivity index (χ0n) is 12.4. The average molecular weight is 297 g/mol. The van der Waals surface area contributed by atoms with Gasteiger partial charge in [-0.25, -0.2) is 4.79 Å². The van der Waals surface area contributed by atoms with Crippen molar-refractivity contribution in [1.82, 2.24) is 15.5 Å². The van der Waals surface area contributed by atoms with Gasteiger partial charge in [0.15, 0.2) is 0 Å². The van der Waals surface area contributed by atoms with Crippen molar-refractivity contribution >= 4 is 17.9 Å². The number of hydrogen-bond acceptors (Lipinski definition) is 3. The van der Waals surface area contributed by atoms with Gasteiger partial charge in [0.05, 0.1) is 5.92 Å². The molecule has 2 fully saturated rings. The van der Waals surface area contributed by atoms with Crippen molar-refractivity contribution in [1.29, 1.82) is 0 Å². The number of nitrogens with one attached hydrogen (secondary N) is 2. The molecule has 1 aliphatic heterocycles. The highest BCUT2D eigenvalue weighted by atomic mass is 16.4. The summed E-state index contributed by atoms with van der Waals surface area (Å²) in [5.41, 5.74) is -0.855. The van der Waals surface area contributed by atoms with E-state index in [-0.39, 0.29) is 18.5 Å². The van der Waals surface area contributed by atoms with Gasteiger partial charge in [-0.1, -0.05) is 12.8 Å². The summed E-state index contributed by atoms with van der Waals surface area (Å²) < 4.78 is 0. The molecule has 0 radical (unpaired) electrons. The number of likely N-dealkylation sites (tertiary alicyclic amines) is 1. The lowest BCUT2D eigenvalue weighted by Crippen LogP contribution is -2.59. The Labute approximate surface area is 124 Å². The summed E-state index contributed by atoms with van der Waals surface area (Å²) >= 11 is 0. The van der Waals surface area contributed by atoms with E-state index in [0.717, 1.165) is 12.8 Å². The molecule has 2 aliphatic rings. The van der Waals surface area contributed by atoms with Crippen LogP contribution in [0.25, 0.3) is 0 Å². The van der Waals surface area contributed by atoms with Crippen LogP contribution in [-0.4, -0.2) is 53.1 Å². The second-order valence-electron chi connectivity index (χ2n) is 5.85. The fourth-order valence-corrected chi connectivity index (χ4v) is 3.24. The molecule has 1 saturated carbocycles. The Morgan fingerprint density at radius 2 is 1.95 bits per heavy atom. The van der Waals surface area contributed by atoms with E-state index in [9.17, 15) is 14.4 Å². The number of urea groups is 1. The molecule has 1 saturated heterocycles. The maximum absolute atomic E-state index is 12.8. The first kappa shape index (κ1) is 15.6. The highest BCUT2D eigenvalue weighted by molar-refractivity contribution is 5.92. The molecule has 1 unspecified atom stereocenters. The van der Waals surface area contributed by atoms with Crippen molar-refractivity contribution in [3.05, 3.63) is 0 Å². The number of carbonyl (C=O) groups excluding carboxylic acids is 2. The summed E-state index contributed by atoms with van der Waals surface area (Å²) in [7, 11) is 0. The van der Waals surface area contributed by atoms with E-state index in [4.69, 9.17) is 5.11 Å². The maximum atomic E-state index is 12.8. The Hall–Kier alpha value is -1.79. The summed E-state index contributed by atoms with van der Waals surface area (Å²) in [6.45, 7) is 3.02. The summed E-state index contributed by atoms with van der Waals surface area (Å²) in [5, 5.41) is 14.5. The third kappa shape index (κ3) is 3.28. The number of aliphatic carboxylic acids is 1. The number of hydrogen-bond donors (Lipinski definition) is 3. The van der Waals surface area contributed by atoms with Crippen LogP contribution in [-0.2, 0) is 9.59 Å². The minimum absolute atomic E-state index is 0.130. The lowest BCUT2D eigenvalue weighted by Gasteiger charge is -2.33. The SMILES string of the molecule is CCNC(=O)NC1(C(=O)N2CCC(C(=O)O)C2)CCCC1. The number of nitrogens with zero attached hydrogens (tertiary/aromatic N) is 1. The number of rotatable bonds is 4. The van der Waals surface area contributed by atoms with Crippen molar-refractivity contribution < 1.29 is 19.5 Å². The van der Waals surface area contributed by atoms with Crippen molar-refractivity contribution in [3.63, 3.8) is 0 Å². The average Bonchev–Trinajstić information content (AvgIpc) is 3.07. The Morgan fingerprint density at radius 1 is 1.29 bits per heavy atom. The van der Waals surface area contributed by atoms with Gasteiger partial charge in [-0.15, -0.1) is 0 Å². The highest BCUT2D eigenvalue weighted by Crippen LogP contribution is 2.33. The molecule has 0 aromatic rings. The Balaban J connectivity index is 2.06. The van der Waals surface area contributed by atoms with E-state index in [2.05, 4.69) is 10.6 Å². The monoisotopic (exact) mass is 297 g/mol. The number of amides is 3. The van der Waals surface area contributed by atoms with E-state index in [1.807, 2.05) is 6.92 Å². The molecule has 1 aliphatic carbocycles. The molecule has 7 nitrogen and oxygen atoms in total. The van der Waals surface area contributed by atoms with E-state index < -0.39 is 17.4 Å². The highest BCUT2D eigenvalue weighted by Gasteiger charge is 2.46. The quantitative estimate of drug-likeness (QED) is 0.705. The van der Waals surface area contributed by atoms with Crippen LogP contribution < -0.4 is 10.6 Å². The van der Waals surface area contributed by atoms with Crippen molar-refractivity contribution in [2.24, 2.45) is 5.92 Å². The number of carboxylic acids is 1. The lowest BCUT2D eigenvalue weighted by molar-refractivity contribution is -0.142. The van der Waals surface area contributed by atoms with Crippen molar-refractivity contribution in [2.75, 3.05) is 19.6 Å². The van der Waals surface area contributed by atoms with E-state index in [1.54, 1.807) is 4.90 Å². The zero-order chi connectivity index (χ0) is 15.5. The van der Waals surface area contributed by atoms with Crippen molar-refractivity contribution in [2.45, 2.75) is 44.6 Å². The predicted molar refractivity (Wildman–Crippen MR) is 75.7 cm³/mol. The van der Waals surface area contributed by atoms with Crippen LogP contribution in [0.5, 0.6) is 0 Å². The van der Waals surface area contributed by atoms with Gasteiger partial charge in [-0.05, 0) is 26.2 Å². The molecule has 2 rings (SSSR count). The molecular weight excluding hydrogens is 274 g/mol. The summed E-state index contributed by atoms with van der Waals surface area (Å²) in [6.07, 6.45) is 3.52. The van der Waals surface area contributed by atoms with E-state index in [0.29, 0.717) is 32.4 Å². The molecule has 3 N–H and O–H groups in total. The van der Waals surface area contributed by atoms with Crippen LogP contribution in [0.2, 0.25) is 0 Å². The maximum Gasteiger partial charge on any atom is 0.315 e. The topological polar surface area (TPSA) is 98.7 Å². The van der Waals surface area contributed by atoms with Gasteiger partial charge in [0, 0.05) is 19.6 Å². The van der Waals surface area contributed by atoms with Crippen LogP contribution in [0.1, 0.15) is 39.0 Å². The van der Waals surface area contributed by atoms with Gasteiger partial charge in [-0.2, -0.15) is 0 Å². The fraction of sp³-hybridized carbons (Fsp3) is 0.786. The molecule has 118 valence electrons. The summed E-state index contributed by atoms with van der Waals surface area (Å²) in [4.78, 5) is 37.2. The lowest BCUT2D eigenvalue weighted by atomic mass is 9.95. The first-order chi connectivity index (χ1) is 9.98. The third-order valence-electron chi connectivity index (χ3n) is 4.38. The first-order valence-electron chi connectivity index (χ1n) is 7.56. The molecule has 0 aromatic heterocycles. The van der Waals surface area contributed by atoms with Crippen LogP contribution in [0.3, 0.4) is 0 Å². The van der Waals surface area contributed by atoms with Gasteiger partial charge >= 0.3 is 12.0 Å². The number of carbonyl (C=O) groups is 3. The predicted octanol–water partition coefficient (Wildman–Crippen LogP) is 0.551. The fourth-order valence-electron chi connectivity index (χ4n) is 3.24. The molecule has 1 atom stereocenters. The molecule has 0 aromatic carbocycles. The van der Waals surface area contributed by atoms with Gasteiger partial charge in [0.1, 0.15) is 5.54 Å². The molecule has 0 spiro atoms. The Kier molecular flexibility index (Phi) is 4.69. The molecule has 0 bridgehead atoms. The van der Waals surface area contributed by atoms with Crippen molar-refractivity contribution in [3.8, 4) is 0 Å². The largest absolute Gasteiger partial charge is 0.481 e. The normalized spacial score (nSPS) is 23.9. The smallest absolute Gasteiger partial charge is 0.315 e. The first-order valence-corrected chi connectivity index (χ1v) is 7.56. The van der Waals surface area contributed by atoms with Gasteiger partial charge < -0.3 is 20.6 Å². The zero-order valence-corrected chi connectivity index (χ0v) is 12.4. The van der Waals surface area contributed by atoms with Crippen LogP contribution in [0.15, 0.2) is 0 Å². The minimum Gasteiger partial charge on any atom is -0.481 e. The number of carboxylic acid groups (broad SMARTS) is 1. The van der Waals surface area contributed by atoms with Gasteiger partial charge in [0.25, 0.3) is 0 Å². The van der Waals surface area contributed by atoms with Gasteiger partial charge in [0.2, 0.25) is 5.91 Å². The van der Waals surface area contributed by atoms with Crippen LogP contribution in [0.4, 0.5) is 4.79 Å². The van der Waals surface area contributed by atoms with E-state index >= 15 is 0 Å². The van der Waals surface area contributed by atoms with Crippen LogP contribution >= 0.6 is 0 Å². The Bertz CT molecular complexity index is 432. The Morgan fingerprint density at radius 3 is 2.48 bits per heavy atom. The van der Waals surface area contributed by atoms with Crippen LogP contribution in [0, 0.1) is 5.92 Å². The summed E-state index contributed by atoms with van der Waals surface area (Å²) in [5.74, 6) is -1.48. The second-order valence-corrected chi connectivity index (χ2v) is 5.85.